The third-order valence-corrected chi connectivity index (χ3v) is 5.91. The molecular formula is C22H25ClN4O2S. The minimum Gasteiger partial charge on any atom is -0.493 e. The number of hydrogen-bond donors (Lipinski definition) is 1. The molecule has 30 heavy (non-hydrogen) atoms. The SMILES string of the molecule is CCc1ccc(OCCC(=O)Nc2nnc(SCc3ccccc3Cl)n2CC)cc1. The van der Waals surface area contributed by atoms with Gasteiger partial charge in [-0.3, -0.25) is 14.7 Å². The maximum absolute atomic E-state index is 12.3. The summed E-state index contributed by atoms with van der Waals surface area (Å²) in [4.78, 5) is 12.3. The molecule has 0 aliphatic carbocycles. The van der Waals surface area contributed by atoms with Gasteiger partial charge in [-0.25, -0.2) is 0 Å². The molecule has 1 amide bonds. The first-order valence-electron chi connectivity index (χ1n) is 9.91. The molecule has 0 aliphatic heterocycles. The molecule has 8 heteroatoms. The molecule has 2 aromatic carbocycles. The van der Waals surface area contributed by atoms with Gasteiger partial charge in [0.2, 0.25) is 11.9 Å². The molecular weight excluding hydrogens is 420 g/mol. The van der Waals surface area contributed by atoms with Crippen LogP contribution in [-0.4, -0.2) is 27.3 Å². The van der Waals surface area contributed by atoms with E-state index in [1.165, 1.54) is 17.3 Å². The molecule has 0 bridgehead atoms. The summed E-state index contributed by atoms with van der Waals surface area (Å²) in [6.07, 6.45) is 1.22. The van der Waals surface area contributed by atoms with Gasteiger partial charge in [0.25, 0.3) is 0 Å². The van der Waals surface area contributed by atoms with E-state index in [-0.39, 0.29) is 12.3 Å². The highest BCUT2D eigenvalue weighted by atomic mass is 35.5. The highest BCUT2D eigenvalue weighted by Gasteiger charge is 2.14. The minimum atomic E-state index is -0.162. The van der Waals surface area contributed by atoms with Crippen LogP contribution >= 0.6 is 23.4 Å². The third kappa shape index (κ3) is 6.00. The molecule has 0 spiro atoms. The van der Waals surface area contributed by atoms with Crippen LogP contribution in [0.3, 0.4) is 0 Å². The number of nitrogens with zero attached hydrogens (tertiary/aromatic N) is 3. The molecule has 1 aromatic heterocycles. The molecule has 0 aliphatic rings. The summed E-state index contributed by atoms with van der Waals surface area (Å²) >= 11 is 7.75. The highest BCUT2D eigenvalue weighted by molar-refractivity contribution is 7.98. The van der Waals surface area contributed by atoms with Crippen molar-refractivity contribution >= 4 is 35.2 Å². The standard InChI is InChI=1S/C22H25ClN4O2S/c1-3-16-9-11-18(12-10-16)29-14-13-20(28)24-21-25-26-22(27(21)4-2)30-15-17-7-5-6-8-19(17)23/h5-12H,3-4,13-15H2,1-2H3,(H,24,25,28). The van der Waals surface area contributed by atoms with Crippen LogP contribution in [0, 0.1) is 0 Å². The average molecular weight is 445 g/mol. The number of halogens is 1. The molecule has 3 rings (SSSR count). The van der Waals surface area contributed by atoms with Crippen molar-refractivity contribution in [2.45, 2.75) is 44.1 Å². The second kappa shape index (κ2) is 11.0. The van der Waals surface area contributed by atoms with Gasteiger partial charge in [-0.15, -0.1) is 10.2 Å². The Hall–Kier alpha value is -2.51. The summed E-state index contributed by atoms with van der Waals surface area (Å²) in [6, 6.07) is 15.6. The average Bonchev–Trinajstić information content (AvgIpc) is 3.15. The molecule has 0 saturated carbocycles. The fourth-order valence-electron chi connectivity index (χ4n) is 2.80. The van der Waals surface area contributed by atoms with Crippen LogP contribution in [0.2, 0.25) is 5.02 Å². The number of rotatable bonds is 10. The van der Waals surface area contributed by atoms with E-state index in [2.05, 4.69) is 22.4 Å². The maximum Gasteiger partial charge on any atom is 0.231 e. The topological polar surface area (TPSA) is 69.0 Å². The summed E-state index contributed by atoms with van der Waals surface area (Å²) < 4.78 is 7.53. The molecule has 6 nitrogen and oxygen atoms in total. The fourth-order valence-corrected chi connectivity index (χ4v) is 4.09. The van der Waals surface area contributed by atoms with Crippen LogP contribution in [0.1, 0.15) is 31.4 Å². The van der Waals surface area contributed by atoms with E-state index in [1.807, 2.05) is 60.0 Å². The summed E-state index contributed by atoms with van der Waals surface area (Å²) in [6.45, 7) is 5.04. The fraction of sp³-hybridized carbons (Fsp3) is 0.318. The van der Waals surface area contributed by atoms with Gasteiger partial charge in [0.05, 0.1) is 13.0 Å². The number of anilines is 1. The molecule has 0 fully saturated rings. The number of hydrogen-bond acceptors (Lipinski definition) is 5. The van der Waals surface area contributed by atoms with Crippen molar-refractivity contribution < 1.29 is 9.53 Å². The van der Waals surface area contributed by atoms with E-state index in [9.17, 15) is 4.79 Å². The number of thioether (sulfide) groups is 1. The lowest BCUT2D eigenvalue weighted by molar-refractivity contribution is -0.116. The minimum absolute atomic E-state index is 0.162. The van der Waals surface area contributed by atoms with Crippen molar-refractivity contribution in [3.05, 3.63) is 64.7 Å². The Morgan fingerprint density at radius 2 is 1.90 bits per heavy atom. The Balaban J connectivity index is 1.51. The van der Waals surface area contributed by atoms with Crippen molar-refractivity contribution in [3.63, 3.8) is 0 Å². The van der Waals surface area contributed by atoms with E-state index < -0.39 is 0 Å². The van der Waals surface area contributed by atoms with Gasteiger partial charge in [0.1, 0.15) is 5.75 Å². The zero-order chi connectivity index (χ0) is 21.3. The molecule has 1 N–H and O–H groups in total. The first kappa shape index (κ1) is 22.2. The number of carbonyl (C=O) groups is 1. The van der Waals surface area contributed by atoms with Gasteiger partial charge in [0.15, 0.2) is 5.16 Å². The molecule has 0 atom stereocenters. The van der Waals surface area contributed by atoms with Crippen LogP contribution in [-0.2, 0) is 23.5 Å². The summed E-state index contributed by atoms with van der Waals surface area (Å²) in [5.41, 5.74) is 2.28. The van der Waals surface area contributed by atoms with E-state index in [4.69, 9.17) is 16.3 Å². The van der Waals surface area contributed by atoms with Gasteiger partial charge in [-0.05, 0) is 42.7 Å². The predicted octanol–water partition coefficient (Wildman–Crippen LogP) is 5.21. The Kier molecular flexibility index (Phi) is 8.16. The van der Waals surface area contributed by atoms with Crippen LogP contribution in [0.5, 0.6) is 5.75 Å². The molecule has 0 radical (unpaired) electrons. The van der Waals surface area contributed by atoms with Crippen molar-refractivity contribution in [1.29, 1.82) is 0 Å². The zero-order valence-electron chi connectivity index (χ0n) is 17.1. The summed E-state index contributed by atoms with van der Waals surface area (Å²) in [5.74, 6) is 1.72. The number of aromatic nitrogens is 3. The number of benzene rings is 2. The van der Waals surface area contributed by atoms with Gasteiger partial charge in [-0.2, -0.15) is 0 Å². The van der Waals surface area contributed by atoms with Gasteiger partial charge < -0.3 is 4.74 Å². The van der Waals surface area contributed by atoms with Crippen LogP contribution in [0.15, 0.2) is 53.7 Å². The van der Waals surface area contributed by atoms with Gasteiger partial charge in [0, 0.05) is 17.3 Å². The molecule has 158 valence electrons. The van der Waals surface area contributed by atoms with Crippen LogP contribution < -0.4 is 10.1 Å². The zero-order valence-corrected chi connectivity index (χ0v) is 18.7. The molecule has 3 aromatic rings. The Labute approximate surface area is 186 Å². The van der Waals surface area contributed by atoms with Crippen molar-refractivity contribution in [2.24, 2.45) is 0 Å². The lowest BCUT2D eigenvalue weighted by atomic mass is 10.2. The molecule has 1 heterocycles. The maximum atomic E-state index is 12.3. The normalized spacial score (nSPS) is 10.8. The van der Waals surface area contributed by atoms with E-state index >= 15 is 0 Å². The van der Waals surface area contributed by atoms with Crippen LogP contribution in [0.4, 0.5) is 5.95 Å². The Morgan fingerprint density at radius 1 is 1.13 bits per heavy atom. The third-order valence-electron chi connectivity index (χ3n) is 4.53. The van der Waals surface area contributed by atoms with E-state index in [1.54, 1.807) is 0 Å². The highest BCUT2D eigenvalue weighted by Crippen LogP contribution is 2.27. The predicted molar refractivity (Wildman–Crippen MR) is 121 cm³/mol. The molecule has 0 unspecified atom stereocenters. The second-order valence-electron chi connectivity index (χ2n) is 6.57. The quantitative estimate of drug-likeness (QED) is 0.434. The van der Waals surface area contributed by atoms with Crippen LogP contribution in [0.25, 0.3) is 0 Å². The Morgan fingerprint density at radius 3 is 2.60 bits per heavy atom. The van der Waals surface area contributed by atoms with Gasteiger partial charge >= 0.3 is 0 Å². The van der Waals surface area contributed by atoms with Crippen molar-refractivity contribution in [2.75, 3.05) is 11.9 Å². The largest absolute Gasteiger partial charge is 0.493 e. The van der Waals surface area contributed by atoms with E-state index in [0.717, 1.165) is 27.9 Å². The monoisotopic (exact) mass is 444 g/mol. The van der Waals surface area contributed by atoms with Crippen molar-refractivity contribution in [1.82, 2.24) is 14.8 Å². The van der Waals surface area contributed by atoms with Gasteiger partial charge in [-0.1, -0.05) is 60.6 Å². The molecule has 0 saturated heterocycles. The second-order valence-corrected chi connectivity index (χ2v) is 7.92. The summed E-state index contributed by atoms with van der Waals surface area (Å²) in [5, 5.41) is 12.6. The van der Waals surface area contributed by atoms with Crippen molar-refractivity contribution in [3.8, 4) is 5.75 Å². The lowest BCUT2D eigenvalue weighted by Gasteiger charge is -2.09. The first-order valence-corrected chi connectivity index (χ1v) is 11.3. The number of amides is 1. The number of carbonyl (C=O) groups excluding carboxylic acids is 1. The first-order chi connectivity index (χ1) is 14.6. The number of ether oxygens (including phenoxy) is 1. The summed E-state index contributed by atoms with van der Waals surface area (Å²) in [7, 11) is 0. The smallest absolute Gasteiger partial charge is 0.231 e. The van der Waals surface area contributed by atoms with E-state index in [0.29, 0.717) is 24.9 Å². The number of nitrogens with one attached hydrogen (secondary N) is 1. The Bertz CT molecular complexity index is 976. The lowest BCUT2D eigenvalue weighted by Crippen LogP contribution is -2.18. The number of aryl methyl sites for hydroxylation is 1.